The van der Waals surface area contributed by atoms with Gasteiger partial charge in [-0.2, -0.15) is 0 Å². The third kappa shape index (κ3) is 4.61. The van der Waals surface area contributed by atoms with Crippen molar-refractivity contribution in [3.05, 3.63) is 76.8 Å². The van der Waals surface area contributed by atoms with Gasteiger partial charge in [-0.1, -0.05) is 29.8 Å². The highest BCUT2D eigenvalue weighted by Crippen LogP contribution is 2.38. The molecule has 0 saturated carbocycles. The van der Waals surface area contributed by atoms with Crippen LogP contribution in [-0.4, -0.2) is 29.9 Å². The lowest BCUT2D eigenvalue weighted by Gasteiger charge is -2.29. The highest BCUT2D eigenvalue weighted by Gasteiger charge is 2.34. The molecule has 0 atom stereocenters. The van der Waals surface area contributed by atoms with Crippen molar-refractivity contribution in [2.45, 2.75) is 26.4 Å². The van der Waals surface area contributed by atoms with Gasteiger partial charge in [0.2, 0.25) is 5.88 Å². The number of aliphatic hydroxyl groups is 1. The first-order valence-electron chi connectivity index (χ1n) is 10.3. The van der Waals surface area contributed by atoms with Crippen LogP contribution in [0.5, 0.6) is 0 Å². The summed E-state index contributed by atoms with van der Waals surface area (Å²) in [7, 11) is 0. The molecule has 4 N–H and O–H groups in total. The topological polar surface area (TPSA) is 89.1 Å². The number of aliphatic hydroxyl groups excluding tert-OH is 1. The van der Waals surface area contributed by atoms with E-state index in [2.05, 4.69) is 16.2 Å². The lowest BCUT2D eigenvalue weighted by atomic mass is 10.0. The SMILES string of the molecule is CC(C)(C)OC(=O)NCCNC1=CC2=C(O)N(c3ccc(Cl)cc3)NN2c2ccccc21. The molecule has 168 valence electrons. The quantitative estimate of drug-likeness (QED) is 0.500. The van der Waals surface area contributed by atoms with Crippen molar-refractivity contribution in [1.82, 2.24) is 16.2 Å². The zero-order valence-electron chi connectivity index (χ0n) is 18.1. The van der Waals surface area contributed by atoms with Gasteiger partial charge < -0.3 is 20.5 Å². The number of para-hydroxylation sites is 1. The van der Waals surface area contributed by atoms with E-state index >= 15 is 0 Å². The van der Waals surface area contributed by atoms with Crippen LogP contribution in [0.3, 0.4) is 0 Å². The predicted molar refractivity (Wildman–Crippen MR) is 126 cm³/mol. The minimum absolute atomic E-state index is 0.0630. The number of carbonyl (C=O) groups excluding carboxylic acids is 1. The Morgan fingerprint density at radius 3 is 2.53 bits per heavy atom. The number of fused-ring (bicyclic) bond motifs is 3. The maximum absolute atomic E-state index is 11.8. The summed E-state index contributed by atoms with van der Waals surface area (Å²) in [4.78, 5) is 11.8. The van der Waals surface area contributed by atoms with Gasteiger partial charge in [-0.15, -0.1) is 5.53 Å². The summed E-state index contributed by atoms with van der Waals surface area (Å²) in [6.07, 6.45) is 1.41. The molecule has 9 heteroatoms. The number of anilines is 2. The fourth-order valence-corrected chi connectivity index (χ4v) is 3.56. The normalized spacial score (nSPS) is 15.2. The number of hydrazine groups is 2. The van der Waals surface area contributed by atoms with Crippen LogP contribution in [0.15, 0.2) is 66.2 Å². The zero-order valence-corrected chi connectivity index (χ0v) is 18.9. The first-order chi connectivity index (χ1) is 15.2. The Morgan fingerprint density at radius 1 is 1.09 bits per heavy atom. The lowest BCUT2D eigenvalue weighted by molar-refractivity contribution is 0.0529. The van der Waals surface area contributed by atoms with Crippen LogP contribution in [0.4, 0.5) is 16.2 Å². The van der Waals surface area contributed by atoms with Crippen molar-refractivity contribution in [1.29, 1.82) is 0 Å². The molecule has 0 fully saturated rings. The summed E-state index contributed by atoms with van der Waals surface area (Å²) in [5, 5.41) is 21.0. The van der Waals surface area contributed by atoms with Crippen LogP contribution in [-0.2, 0) is 4.74 Å². The molecule has 1 amide bonds. The highest BCUT2D eigenvalue weighted by molar-refractivity contribution is 6.30. The Hall–Kier alpha value is -3.36. The molecular formula is C23H26ClN5O3. The van der Waals surface area contributed by atoms with Crippen molar-refractivity contribution in [3.8, 4) is 0 Å². The van der Waals surface area contributed by atoms with Crippen molar-refractivity contribution < 1.29 is 14.6 Å². The number of ether oxygens (including phenoxy) is 1. The number of nitrogens with one attached hydrogen (secondary N) is 3. The standard InChI is InChI=1S/C23H26ClN5O3/c1-23(2,3)32-22(31)26-13-12-25-18-14-20-21(30)28(16-10-8-15(24)9-11-16)27-29(20)19-7-5-4-6-17(18)19/h4-11,14,25,27,30H,12-13H2,1-3H3,(H,26,31). The molecule has 2 aliphatic rings. The minimum Gasteiger partial charge on any atom is -0.492 e. The second-order valence-electron chi connectivity index (χ2n) is 8.39. The smallest absolute Gasteiger partial charge is 0.407 e. The number of hydrogen-bond donors (Lipinski definition) is 4. The maximum Gasteiger partial charge on any atom is 0.407 e. The van der Waals surface area contributed by atoms with Gasteiger partial charge >= 0.3 is 6.09 Å². The van der Waals surface area contributed by atoms with Crippen LogP contribution < -0.4 is 26.2 Å². The largest absolute Gasteiger partial charge is 0.492 e. The van der Waals surface area contributed by atoms with Crippen LogP contribution in [0, 0.1) is 0 Å². The molecule has 0 bridgehead atoms. The molecule has 2 aromatic carbocycles. The van der Waals surface area contributed by atoms with E-state index in [9.17, 15) is 9.90 Å². The summed E-state index contributed by atoms with van der Waals surface area (Å²) in [5.41, 5.74) is 6.70. The van der Waals surface area contributed by atoms with E-state index in [1.165, 1.54) is 0 Å². The highest BCUT2D eigenvalue weighted by atomic mass is 35.5. The molecule has 0 aliphatic carbocycles. The van der Waals surface area contributed by atoms with E-state index in [4.69, 9.17) is 16.3 Å². The third-order valence-electron chi connectivity index (χ3n) is 4.79. The second-order valence-corrected chi connectivity index (χ2v) is 8.82. The van der Waals surface area contributed by atoms with Crippen LogP contribution in [0.1, 0.15) is 26.3 Å². The van der Waals surface area contributed by atoms with E-state index in [0.717, 1.165) is 22.6 Å². The number of nitrogens with zero attached hydrogens (tertiary/aromatic N) is 2. The number of allylic oxidation sites excluding steroid dienone is 1. The van der Waals surface area contributed by atoms with E-state index in [1.54, 1.807) is 17.1 Å². The minimum atomic E-state index is -0.540. The van der Waals surface area contributed by atoms with Crippen LogP contribution in [0.25, 0.3) is 5.70 Å². The molecule has 0 spiro atoms. The monoisotopic (exact) mass is 455 g/mol. The van der Waals surface area contributed by atoms with Crippen LogP contribution in [0.2, 0.25) is 5.02 Å². The molecule has 0 unspecified atom stereocenters. The molecule has 2 aliphatic heterocycles. The average Bonchev–Trinajstić information content (AvgIpc) is 3.07. The number of hydrogen-bond acceptors (Lipinski definition) is 7. The van der Waals surface area contributed by atoms with Gasteiger partial charge in [0, 0.05) is 29.4 Å². The van der Waals surface area contributed by atoms with Gasteiger partial charge in [-0.3, -0.25) is 5.01 Å². The van der Waals surface area contributed by atoms with E-state index in [1.807, 2.05) is 68.3 Å². The molecule has 4 rings (SSSR count). The predicted octanol–water partition coefficient (Wildman–Crippen LogP) is 4.28. The number of amides is 1. The molecule has 2 aromatic rings. The van der Waals surface area contributed by atoms with E-state index in [-0.39, 0.29) is 5.88 Å². The van der Waals surface area contributed by atoms with Gasteiger partial charge in [-0.25, -0.2) is 9.80 Å². The first kappa shape index (κ1) is 21.9. The molecule has 32 heavy (non-hydrogen) atoms. The van der Waals surface area contributed by atoms with Crippen molar-refractivity contribution >= 4 is 34.8 Å². The Bertz CT molecular complexity index is 1080. The summed E-state index contributed by atoms with van der Waals surface area (Å²) in [5.74, 6) is 0.0630. The number of halogens is 1. The summed E-state index contributed by atoms with van der Waals surface area (Å²) in [6, 6.07) is 15.0. The molecule has 0 aromatic heterocycles. The average molecular weight is 456 g/mol. The maximum atomic E-state index is 11.8. The van der Waals surface area contributed by atoms with Gasteiger partial charge in [0.25, 0.3) is 0 Å². The van der Waals surface area contributed by atoms with Crippen molar-refractivity contribution in [2.24, 2.45) is 0 Å². The van der Waals surface area contributed by atoms with Gasteiger partial charge in [-0.05, 0) is 57.2 Å². The molecule has 0 radical (unpaired) electrons. The number of carbonyl (C=O) groups is 1. The van der Waals surface area contributed by atoms with Crippen LogP contribution >= 0.6 is 11.6 Å². The number of rotatable bonds is 5. The number of benzene rings is 2. The summed E-state index contributed by atoms with van der Waals surface area (Å²) in [6.45, 7) is 6.34. The third-order valence-corrected chi connectivity index (χ3v) is 5.04. The molecule has 8 nitrogen and oxygen atoms in total. The van der Waals surface area contributed by atoms with Crippen molar-refractivity contribution in [2.75, 3.05) is 23.1 Å². The van der Waals surface area contributed by atoms with E-state index < -0.39 is 11.7 Å². The van der Waals surface area contributed by atoms with Gasteiger partial charge in [0.05, 0.1) is 11.4 Å². The Morgan fingerprint density at radius 2 is 1.81 bits per heavy atom. The Balaban J connectivity index is 1.51. The fraction of sp³-hybridized carbons (Fsp3) is 0.261. The van der Waals surface area contributed by atoms with Gasteiger partial charge in [0.1, 0.15) is 11.3 Å². The first-order valence-corrected chi connectivity index (χ1v) is 10.7. The second kappa shape index (κ2) is 8.64. The summed E-state index contributed by atoms with van der Waals surface area (Å²) < 4.78 is 5.26. The van der Waals surface area contributed by atoms with Crippen molar-refractivity contribution in [3.63, 3.8) is 0 Å². The van der Waals surface area contributed by atoms with E-state index in [0.29, 0.717) is 23.8 Å². The summed E-state index contributed by atoms with van der Waals surface area (Å²) >= 11 is 6.00. The zero-order chi connectivity index (χ0) is 22.9. The fourth-order valence-electron chi connectivity index (χ4n) is 3.43. The number of alkyl carbamates (subject to hydrolysis) is 1. The Kier molecular flexibility index (Phi) is 5.90. The van der Waals surface area contributed by atoms with Gasteiger partial charge in [0.15, 0.2) is 0 Å². The lowest BCUT2D eigenvalue weighted by Crippen LogP contribution is -2.43. The Labute approximate surface area is 192 Å². The molecule has 2 heterocycles. The molecular weight excluding hydrogens is 430 g/mol. The molecule has 0 saturated heterocycles.